The van der Waals surface area contributed by atoms with Gasteiger partial charge in [0.25, 0.3) is 0 Å². The molecule has 3 radical (unpaired) electrons. The van der Waals surface area contributed by atoms with Gasteiger partial charge in [0.2, 0.25) is 0 Å². The topological polar surface area (TPSA) is 0 Å². The van der Waals surface area contributed by atoms with Gasteiger partial charge >= 0.3 is 0 Å². The largest absolute Gasteiger partial charge is 0.0799 e. The van der Waals surface area contributed by atoms with Crippen molar-refractivity contribution in [2.24, 2.45) is 0 Å². The fourth-order valence-electron chi connectivity index (χ4n) is 2.07. The third-order valence-corrected chi connectivity index (χ3v) is 3.30. The molecular weight excluding hydrogens is 184 g/mol. The molecule has 3 rings (SSSR count). The van der Waals surface area contributed by atoms with Gasteiger partial charge in [0.15, 0.2) is 0 Å². The molecule has 0 aromatic heterocycles. The molecule has 1 aliphatic carbocycles. The third-order valence-electron chi connectivity index (χ3n) is 2.79. The number of hydrogen-bond acceptors (Lipinski definition) is 0. The Balaban J connectivity index is 2.43. The Morgan fingerprint density at radius 2 is 1.86 bits per heavy atom. The maximum absolute atomic E-state index is 3.69. The minimum Gasteiger partial charge on any atom is -0.0799 e. The number of rotatable bonds is 0. The summed E-state index contributed by atoms with van der Waals surface area (Å²) in [6.45, 7) is 0. The lowest BCUT2D eigenvalue weighted by molar-refractivity contribution is 1.26. The van der Waals surface area contributed by atoms with Gasteiger partial charge in [-0.1, -0.05) is 48.6 Å². The van der Waals surface area contributed by atoms with E-state index in [2.05, 4.69) is 58.8 Å². The van der Waals surface area contributed by atoms with E-state index in [0.29, 0.717) is 5.54 Å². The standard InChI is InChI=1S/C13H9Si/c14-13-8-7-11-10-4-2-1-3-9(10)5-6-12(11)13/h1-8,13H. The zero-order chi connectivity index (χ0) is 9.54. The first-order valence-electron chi connectivity index (χ1n) is 4.77. The predicted molar refractivity (Wildman–Crippen MR) is 61.5 cm³/mol. The number of allylic oxidation sites excluding steroid dienone is 1. The first kappa shape index (κ1) is 8.01. The van der Waals surface area contributed by atoms with Crippen LogP contribution in [0.1, 0.15) is 16.7 Å². The van der Waals surface area contributed by atoms with E-state index in [1.807, 2.05) is 0 Å². The molecule has 0 amide bonds. The van der Waals surface area contributed by atoms with Crippen molar-refractivity contribution >= 4 is 27.1 Å². The zero-order valence-electron chi connectivity index (χ0n) is 7.70. The molecule has 0 saturated heterocycles. The van der Waals surface area contributed by atoms with Gasteiger partial charge in [0.1, 0.15) is 0 Å². The molecule has 1 heteroatoms. The molecule has 0 saturated carbocycles. The van der Waals surface area contributed by atoms with E-state index in [9.17, 15) is 0 Å². The molecule has 1 aliphatic rings. The van der Waals surface area contributed by atoms with Crippen molar-refractivity contribution in [1.82, 2.24) is 0 Å². The van der Waals surface area contributed by atoms with Crippen molar-refractivity contribution < 1.29 is 0 Å². The lowest BCUT2D eigenvalue weighted by atomic mass is 10.0. The second-order valence-electron chi connectivity index (χ2n) is 3.63. The maximum Gasteiger partial charge on any atom is 0.0388 e. The summed E-state index contributed by atoms with van der Waals surface area (Å²) in [6.07, 6.45) is 4.39. The van der Waals surface area contributed by atoms with Crippen LogP contribution < -0.4 is 0 Å². The average molecular weight is 193 g/mol. The molecule has 0 N–H and O–H groups in total. The predicted octanol–water partition coefficient (Wildman–Crippen LogP) is 3.08. The molecule has 14 heavy (non-hydrogen) atoms. The Morgan fingerprint density at radius 3 is 2.79 bits per heavy atom. The van der Waals surface area contributed by atoms with Crippen molar-refractivity contribution in [3.05, 3.63) is 53.6 Å². The van der Waals surface area contributed by atoms with E-state index in [1.165, 1.54) is 21.9 Å². The summed E-state index contributed by atoms with van der Waals surface area (Å²) >= 11 is 0. The molecule has 2 aromatic carbocycles. The molecule has 1 unspecified atom stereocenters. The van der Waals surface area contributed by atoms with Gasteiger partial charge in [-0.25, -0.2) is 0 Å². The number of benzene rings is 2. The van der Waals surface area contributed by atoms with E-state index in [1.54, 1.807) is 0 Å². The van der Waals surface area contributed by atoms with Crippen LogP contribution in [-0.2, 0) is 0 Å². The van der Waals surface area contributed by atoms with E-state index in [4.69, 9.17) is 0 Å². The molecule has 1 atom stereocenters. The molecule has 2 aromatic rings. The molecule has 0 heterocycles. The van der Waals surface area contributed by atoms with Crippen molar-refractivity contribution in [2.45, 2.75) is 5.54 Å². The van der Waals surface area contributed by atoms with Crippen LogP contribution in [0, 0.1) is 0 Å². The van der Waals surface area contributed by atoms with Crippen LogP contribution in [0.3, 0.4) is 0 Å². The minimum absolute atomic E-state index is 0.384. The van der Waals surface area contributed by atoms with Crippen LogP contribution in [0.25, 0.3) is 16.8 Å². The Morgan fingerprint density at radius 1 is 1.00 bits per heavy atom. The monoisotopic (exact) mass is 193 g/mol. The molecule has 65 valence electrons. The highest BCUT2D eigenvalue weighted by Gasteiger charge is 2.14. The molecule has 0 bridgehead atoms. The quantitative estimate of drug-likeness (QED) is 0.564. The van der Waals surface area contributed by atoms with Crippen LogP contribution in [0.15, 0.2) is 42.5 Å². The van der Waals surface area contributed by atoms with Gasteiger partial charge in [-0.05, 0) is 27.4 Å². The zero-order valence-corrected chi connectivity index (χ0v) is 8.70. The van der Waals surface area contributed by atoms with Crippen LogP contribution in [0.4, 0.5) is 0 Å². The van der Waals surface area contributed by atoms with Gasteiger partial charge < -0.3 is 0 Å². The minimum atomic E-state index is 0.384. The highest BCUT2D eigenvalue weighted by Crippen LogP contribution is 2.33. The summed E-state index contributed by atoms with van der Waals surface area (Å²) in [5, 5.41) is 2.67. The van der Waals surface area contributed by atoms with Crippen LogP contribution in [0.2, 0.25) is 0 Å². The van der Waals surface area contributed by atoms with Crippen molar-refractivity contribution in [3.8, 4) is 0 Å². The van der Waals surface area contributed by atoms with Gasteiger partial charge in [-0.3, -0.25) is 0 Å². The van der Waals surface area contributed by atoms with E-state index in [0.717, 1.165) is 0 Å². The summed E-state index contributed by atoms with van der Waals surface area (Å²) in [6, 6.07) is 12.9. The number of fused-ring (bicyclic) bond motifs is 3. The second kappa shape index (κ2) is 2.82. The summed E-state index contributed by atoms with van der Waals surface area (Å²) in [5.41, 5.74) is 3.12. The van der Waals surface area contributed by atoms with Gasteiger partial charge in [-0.15, -0.1) is 0 Å². The lowest BCUT2D eigenvalue weighted by Crippen LogP contribution is -1.91. The van der Waals surface area contributed by atoms with Crippen molar-refractivity contribution in [1.29, 1.82) is 0 Å². The summed E-state index contributed by atoms with van der Waals surface area (Å²) in [7, 11) is 3.69. The maximum atomic E-state index is 3.69. The normalized spacial score (nSPS) is 18.8. The van der Waals surface area contributed by atoms with Crippen molar-refractivity contribution in [2.75, 3.05) is 0 Å². The van der Waals surface area contributed by atoms with E-state index >= 15 is 0 Å². The Hall–Kier alpha value is -1.34. The summed E-state index contributed by atoms with van der Waals surface area (Å²) in [5.74, 6) is 0. The first-order valence-corrected chi connectivity index (χ1v) is 5.35. The van der Waals surface area contributed by atoms with Crippen LogP contribution in [-0.4, -0.2) is 10.2 Å². The van der Waals surface area contributed by atoms with E-state index in [-0.39, 0.29) is 0 Å². The highest BCUT2D eigenvalue weighted by molar-refractivity contribution is 6.16. The number of hydrogen-bond donors (Lipinski definition) is 0. The second-order valence-corrected chi connectivity index (χ2v) is 4.25. The Kier molecular flexibility index (Phi) is 1.61. The Bertz CT molecular complexity index is 526. The van der Waals surface area contributed by atoms with E-state index < -0.39 is 0 Å². The molecule has 0 aliphatic heterocycles. The third kappa shape index (κ3) is 0.992. The summed E-state index contributed by atoms with van der Waals surface area (Å²) in [4.78, 5) is 0. The fraction of sp³-hybridized carbons (Fsp3) is 0.0769. The van der Waals surface area contributed by atoms with Gasteiger partial charge in [0, 0.05) is 10.2 Å². The van der Waals surface area contributed by atoms with Crippen molar-refractivity contribution in [3.63, 3.8) is 0 Å². The van der Waals surface area contributed by atoms with Crippen LogP contribution in [0.5, 0.6) is 0 Å². The van der Waals surface area contributed by atoms with Crippen LogP contribution >= 0.6 is 0 Å². The fourth-order valence-corrected chi connectivity index (χ4v) is 2.41. The average Bonchev–Trinajstić information content (AvgIpc) is 2.61. The molecule has 0 nitrogen and oxygen atoms in total. The smallest absolute Gasteiger partial charge is 0.0388 e. The molecular formula is C13H9Si. The van der Waals surface area contributed by atoms with Gasteiger partial charge in [0.05, 0.1) is 0 Å². The molecule has 0 spiro atoms. The molecule has 0 fully saturated rings. The Labute approximate surface area is 86.7 Å². The lowest BCUT2D eigenvalue weighted by Gasteiger charge is -2.07. The van der Waals surface area contributed by atoms with Gasteiger partial charge in [-0.2, -0.15) is 0 Å². The SMILES string of the molecule is [Si]C1C=Cc2c1ccc1ccccc21. The first-order chi connectivity index (χ1) is 6.86. The highest BCUT2D eigenvalue weighted by atomic mass is 28.1. The summed E-state index contributed by atoms with van der Waals surface area (Å²) < 4.78 is 0.